The van der Waals surface area contributed by atoms with Crippen LogP contribution in [0.3, 0.4) is 0 Å². The molecule has 0 N–H and O–H groups in total. The highest BCUT2D eigenvalue weighted by molar-refractivity contribution is 5.54. The molecule has 2 fully saturated rings. The average molecular weight is 284 g/mol. The van der Waals surface area contributed by atoms with E-state index in [-0.39, 0.29) is 0 Å². The summed E-state index contributed by atoms with van der Waals surface area (Å²) in [7, 11) is 6.68. The summed E-state index contributed by atoms with van der Waals surface area (Å²) in [6, 6.07) is 8.05. The monoisotopic (exact) mass is 284 g/mol. The summed E-state index contributed by atoms with van der Waals surface area (Å²) in [5.41, 5.74) is 5.22. The van der Waals surface area contributed by atoms with Gasteiger partial charge in [-0.3, -0.25) is 0 Å². The maximum atomic E-state index is 2.65. The quantitative estimate of drug-likeness (QED) is 0.779. The molecule has 1 aromatic carbocycles. The molecule has 0 amide bonds. The molecular formula is C19H28N2. The van der Waals surface area contributed by atoms with Crippen molar-refractivity contribution in [3.8, 4) is 0 Å². The van der Waals surface area contributed by atoms with Crippen molar-refractivity contribution in [2.75, 3.05) is 32.6 Å². The van der Waals surface area contributed by atoms with Crippen molar-refractivity contribution < 1.29 is 0 Å². The second kappa shape index (κ2) is 4.74. The number of benzene rings is 1. The third-order valence-corrected chi connectivity index (χ3v) is 6.61. The van der Waals surface area contributed by atoms with E-state index in [1.165, 1.54) is 50.8 Å². The van der Waals surface area contributed by atoms with Gasteiger partial charge in [0.1, 0.15) is 0 Å². The summed E-state index contributed by atoms with van der Waals surface area (Å²) >= 11 is 0. The molecule has 3 aliphatic rings. The number of piperidine rings is 1. The van der Waals surface area contributed by atoms with Crippen LogP contribution in [0.5, 0.6) is 0 Å². The number of likely N-dealkylation sites (tertiary alicyclic amines) is 1. The summed E-state index contributed by atoms with van der Waals surface area (Å²) in [5, 5.41) is 0. The minimum atomic E-state index is 0.495. The van der Waals surface area contributed by atoms with E-state index in [4.69, 9.17) is 0 Å². The Balaban J connectivity index is 1.87. The zero-order valence-corrected chi connectivity index (χ0v) is 13.7. The first-order valence-electron chi connectivity index (χ1n) is 8.63. The third-order valence-electron chi connectivity index (χ3n) is 6.61. The van der Waals surface area contributed by atoms with Crippen LogP contribution in [0.2, 0.25) is 0 Å². The Labute approximate surface area is 129 Å². The molecule has 0 radical (unpaired) electrons. The van der Waals surface area contributed by atoms with Crippen molar-refractivity contribution in [3.05, 3.63) is 29.3 Å². The maximum absolute atomic E-state index is 2.65. The Morgan fingerprint density at radius 2 is 2.05 bits per heavy atom. The van der Waals surface area contributed by atoms with Gasteiger partial charge >= 0.3 is 0 Å². The molecule has 1 saturated carbocycles. The molecule has 1 aliphatic heterocycles. The van der Waals surface area contributed by atoms with E-state index in [1.807, 2.05) is 0 Å². The minimum absolute atomic E-state index is 0.495. The van der Waals surface area contributed by atoms with Gasteiger partial charge in [0.25, 0.3) is 0 Å². The van der Waals surface area contributed by atoms with E-state index in [9.17, 15) is 0 Å². The molecule has 1 heterocycles. The molecule has 114 valence electrons. The van der Waals surface area contributed by atoms with E-state index >= 15 is 0 Å². The first kappa shape index (κ1) is 13.6. The van der Waals surface area contributed by atoms with Crippen LogP contribution in [0.15, 0.2) is 18.2 Å². The number of nitrogens with zero attached hydrogens (tertiary/aromatic N) is 2. The second-order valence-corrected chi connectivity index (χ2v) is 7.75. The molecule has 21 heavy (non-hydrogen) atoms. The molecule has 2 bridgehead atoms. The van der Waals surface area contributed by atoms with Gasteiger partial charge < -0.3 is 9.80 Å². The van der Waals surface area contributed by atoms with Gasteiger partial charge in [-0.05, 0) is 68.5 Å². The van der Waals surface area contributed by atoms with Gasteiger partial charge in [0.2, 0.25) is 0 Å². The fourth-order valence-corrected chi connectivity index (χ4v) is 5.46. The Morgan fingerprint density at radius 3 is 2.86 bits per heavy atom. The van der Waals surface area contributed by atoms with Crippen LogP contribution >= 0.6 is 0 Å². The van der Waals surface area contributed by atoms with E-state index in [2.05, 4.69) is 49.1 Å². The van der Waals surface area contributed by atoms with Crippen LogP contribution in [0, 0.1) is 5.92 Å². The molecule has 2 aliphatic carbocycles. The topological polar surface area (TPSA) is 6.48 Å². The second-order valence-electron chi connectivity index (χ2n) is 7.75. The van der Waals surface area contributed by atoms with E-state index in [1.54, 1.807) is 11.1 Å². The van der Waals surface area contributed by atoms with Crippen LogP contribution in [-0.2, 0) is 11.8 Å². The highest BCUT2D eigenvalue weighted by atomic mass is 15.2. The zero-order chi connectivity index (χ0) is 14.6. The summed E-state index contributed by atoms with van der Waals surface area (Å²) < 4.78 is 0. The number of likely N-dealkylation sites (N-methyl/N-ethyl adjacent to an activating group) is 1. The first-order valence-corrected chi connectivity index (χ1v) is 8.63. The van der Waals surface area contributed by atoms with Gasteiger partial charge in [-0.25, -0.2) is 0 Å². The summed E-state index contributed by atoms with van der Waals surface area (Å²) in [6.07, 6.45) is 8.38. The van der Waals surface area contributed by atoms with Crippen molar-refractivity contribution >= 4 is 5.69 Å². The third kappa shape index (κ3) is 1.88. The van der Waals surface area contributed by atoms with Crippen molar-refractivity contribution in [2.45, 2.75) is 50.0 Å². The SMILES string of the molecule is CN(C)c1ccc2c(c1)[C@]13CCCC[C@@H]1[C@@H](C2)N(C)CC3. The minimum Gasteiger partial charge on any atom is -0.378 e. The molecule has 1 saturated heterocycles. The molecular weight excluding hydrogens is 256 g/mol. The summed E-state index contributed by atoms with van der Waals surface area (Å²) in [4.78, 5) is 4.91. The van der Waals surface area contributed by atoms with Crippen molar-refractivity contribution in [1.29, 1.82) is 0 Å². The Bertz CT molecular complexity index is 550. The zero-order valence-electron chi connectivity index (χ0n) is 13.7. The van der Waals surface area contributed by atoms with Crippen LogP contribution in [0.25, 0.3) is 0 Å². The predicted molar refractivity (Wildman–Crippen MR) is 89.1 cm³/mol. The average Bonchev–Trinajstić information content (AvgIpc) is 2.50. The summed E-state index contributed by atoms with van der Waals surface area (Å²) in [5.74, 6) is 0.898. The number of fused-ring (bicyclic) bond motifs is 1. The fourth-order valence-electron chi connectivity index (χ4n) is 5.46. The van der Waals surface area contributed by atoms with E-state index < -0.39 is 0 Å². The Hall–Kier alpha value is -1.02. The van der Waals surface area contributed by atoms with Crippen LogP contribution in [0.4, 0.5) is 5.69 Å². The molecule has 2 nitrogen and oxygen atoms in total. The lowest BCUT2D eigenvalue weighted by atomic mass is 9.52. The van der Waals surface area contributed by atoms with Gasteiger partial charge in [0, 0.05) is 31.2 Å². The van der Waals surface area contributed by atoms with Gasteiger partial charge in [0.15, 0.2) is 0 Å². The molecule has 0 unspecified atom stereocenters. The molecule has 4 rings (SSSR count). The van der Waals surface area contributed by atoms with E-state index in [0.29, 0.717) is 5.41 Å². The van der Waals surface area contributed by atoms with Gasteiger partial charge in [0.05, 0.1) is 0 Å². The largest absolute Gasteiger partial charge is 0.378 e. The molecule has 3 atom stereocenters. The van der Waals surface area contributed by atoms with E-state index in [0.717, 1.165) is 12.0 Å². The molecule has 0 aromatic heterocycles. The number of hydrogen-bond donors (Lipinski definition) is 0. The molecule has 1 aromatic rings. The highest BCUT2D eigenvalue weighted by Crippen LogP contribution is 2.55. The molecule has 0 spiro atoms. The molecule has 2 heteroatoms. The van der Waals surface area contributed by atoms with Crippen LogP contribution < -0.4 is 4.90 Å². The fraction of sp³-hybridized carbons (Fsp3) is 0.684. The predicted octanol–water partition coefficient (Wildman–Crippen LogP) is 3.44. The maximum Gasteiger partial charge on any atom is 0.0364 e. The smallest absolute Gasteiger partial charge is 0.0364 e. The van der Waals surface area contributed by atoms with Gasteiger partial charge in [-0.15, -0.1) is 0 Å². The van der Waals surface area contributed by atoms with Crippen molar-refractivity contribution in [1.82, 2.24) is 4.90 Å². The lowest BCUT2D eigenvalue weighted by molar-refractivity contribution is 0.00289. The standard InChI is InChI=1S/C19H28N2/c1-20(2)15-8-7-14-12-18-16-6-4-5-9-19(16,17(14)13-15)10-11-21(18)3/h7-8,13,16,18H,4-6,9-12H2,1-3H3/t16-,18-,19+/m1/s1. The number of anilines is 1. The van der Waals surface area contributed by atoms with Crippen molar-refractivity contribution in [3.63, 3.8) is 0 Å². The first-order chi connectivity index (χ1) is 10.1. The van der Waals surface area contributed by atoms with Crippen molar-refractivity contribution in [2.24, 2.45) is 5.92 Å². The van der Waals surface area contributed by atoms with Gasteiger partial charge in [-0.1, -0.05) is 18.9 Å². The Morgan fingerprint density at radius 1 is 1.19 bits per heavy atom. The summed E-state index contributed by atoms with van der Waals surface area (Å²) in [6.45, 7) is 1.28. The van der Waals surface area contributed by atoms with Crippen LogP contribution in [-0.4, -0.2) is 38.6 Å². The number of hydrogen-bond acceptors (Lipinski definition) is 2. The lowest BCUT2D eigenvalue weighted by Crippen LogP contribution is -2.59. The number of rotatable bonds is 1. The van der Waals surface area contributed by atoms with Crippen LogP contribution in [0.1, 0.15) is 43.2 Å². The normalized spacial score (nSPS) is 35.0. The van der Waals surface area contributed by atoms with Gasteiger partial charge in [-0.2, -0.15) is 0 Å². The Kier molecular flexibility index (Phi) is 3.08. The lowest BCUT2D eigenvalue weighted by Gasteiger charge is -2.58. The highest BCUT2D eigenvalue weighted by Gasteiger charge is 2.52.